The van der Waals surface area contributed by atoms with Gasteiger partial charge in [-0.15, -0.1) is 0 Å². The summed E-state index contributed by atoms with van der Waals surface area (Å²) in [7, 11) is 0. The molecule has 2 aliphatic carbocycles. The van der Waals surface area contributed by atoms with Crippen LogP contribution in [0.3, 0.4) is 0 Å². The van der Waals surface area contributed by atoms with Gasteiger partial charge in [0.05, 0.1) is 0 Å². The van der Waals surface area contributed by atoms with Crippen molar-refractivity contribution < 1.29 is 5.11 Å². The second-order valence-electron chi connectivity index (χ2n) is 7.20. The standard InChI is InChI=1S/C19H29N3O/c20-18(21-14-19(11-12-23)9-2-1-3-10-19)22-17-8-7-15-5-4-6-16(15)13-17/h7-8,13,23H,1-6,9-12,14H2,(H3,20,21,22). The van der Waals surface area contributed by atoms with Crippen LogP contribution in [0, 0.1) is 5.41 Å². The topological polar surface area (TPSA) is 70.6 Å². The second-order valence-corrected chi connectivity index (χ2v) is 7.20. The number of guanidine groups is 1. The summed E-state index contributed by atoms with van der Waals surface area (Å²) < 4.78 is 0. The largest absolute Gasteiger partial charge is 0.396 e. The van der Waals surface area contributed by atoms with Crippen LogP contribution in [0.15, 0.2) is 23.2 Å². The minimum Gasteiger partial charge on any atom is -0.396 e. The number of benzene rings is 1. The van der Waals surface area contributed by atoms with E-state index in [1.165, 1.54) is 49.7 Å². The van der Waals surface area contributed by atoms with Crippen LogP contribution in [-0.4, -0.2) is 24.2 Å². The number of aliphatic imine (C=N–C) groups is 1. The van der Waals surface area contributed by atoms with Gasteiger partial charge in [0, 0.05) is 18.8 Å². The van der Waals surface area contributed by atoms with Gasteiger partial charge in [-0.05, 0) is 67.2 Å². The number of aliphatic hydroxyl groups is 1. The van der Waals surface area contributed by atoms with Crippen molar-refractivity contribution in [2.24, 2.45) is 16.1 Å². The van der Waals surface area contributed by atoms with E-state index in [2.05, 4.69) is 28.5 Å². The van der Waals surface area contributed by atoms with Crippen LogP contribution in [0.25, 0.3) is 0 Å². The maximum atomic E-state index is 9.38. The molecule has 0 spiro atoms. The zero-order valence-corrected chi connectivity index (χ0v) is 14.0. The lowest BCUT2D eigenvalue weighted by Gasteiger charge is -2.35. The van der Waals surface area contributed by atoms with E-state index in [4.69, 9.17) is 5.73 Å². The molecule has 4 N–H and O–H groups in total. The minimum atomic E-state index is 0.150. The van der Waals surface area contributed by atoms with Crippen molar-refractivity contribution in [2.75, 3.05) is 18.5 Å². The molecule has 0 amide bonds. The Morgan fingerprint density at radius 3 is 2.70 bits per heavy atom. The molecule has 0 bridgehead atoms. The number of nitrogens with two attached hydrogens (primary N) is 1. The number of anilines is 1. The first-order chi connectivity index (χ1) is 11.2. The summed E-state index contributed by atoms with van der Waals surface area (Å²) >= 11 is 0. The highest BCUT2D eigenvalue weighted by Crippen LogP contribution is 2.39. The molecular weight excluding hydrogens is 286 g/mol. The van der Waals surface area contributed by atoms with Gasteiger partial charge < -0.3 is 16.2 Å². The molecular formula is C19H29N3O. The molecule has 0 unspecified atom stereocenters. The first-order valence-electron chi connectivity index (χ1n) is 9.00. The summed E-state index contributed by atoms with van der Waals surface area (Å²) in [6.45, 7) is 0.963. The Bertz CT molecular complexity index is 556. The van der Waals surface area contributed by atoms with Crippen molar-refractivity contribution in [1.82, 2.24) is 0 Å². The molecule has 1 aromatic rings. The lowest BCUT2D eigenvalue weighted by molar-refractivity contribution is 0.137. The molecule has 0 aromatic heterocycles. The number of aryl methyl sites for hydroxylation is 2. The normalized spacial score (nSPS) is 20.3. The fourth-order valence-corrected chi connectivity index (χ4v) is 4.12. The summed E-state index contributed by atoms with van der Waals surface area (Å²) in [5.41, 5.74) is 10.2. The van der Waals surface area contributed by atoms with Gasteiger partial charge in [0.2, 0.25) is 0 Å². The highest BCUT2D eigenvalue weighted by atomic mass is 16.3. The smallest absolute Gasteiger partial charge is 0.193 e. The average Bonchev–Trinajstić information content (AvgIpc) is 3.02. The third-order valence-electron chi connectivity index (χ3n) is 5.51. The first kappa shape index (κ1) is 16.3. The number of fused-ring (bicyclic) bond motifs is 1. The fourth-order valence-electron chi connectivity index (χ4n) is 4.12. The third-order valence-corrected chi connectivity index (χ3v) is 5.51. The summed E-state index contributed by atoms with van der Waals surface area (Å²) in [6, 6.07) is 6.50. The van der Waals surface area contributed by atoms with Crippen LogP contribution in [0.4, 0.5) is 5.69 Å². The van der Waals surface area contributed by atoms with E-state index in [-0.39, 0.29) is 12.0 Å². The molecule has 4 heteroatoms. The summed E-state index contributed by atoms with van der Waals surface area (Å²) in [4.78, 5) is 4.60. The molecule has 4 nitrogen and oxygen atoms in total. The van der Waals surface area contributed by atoms with Crippen LogP contribution >= 0.6 is 0 Å². The summed E-state index contributed by atoms with van der Waals surface area (Å²) in [5, 5.41) is 12.6. The van der Waals surface area contributed by atoms with Crippen molar-refractivity contribution in [2.45, 2.75) is 57.8 Å². The molecule has 126 valence electrons. The Kier molecular flexibility index (Phi) is 5.21. The molecule has 0 aliphatic heterocycles. The molecule has 1 saturated carbocycles. The quantitative estimate of drug-likeness (QED) is 0.577. The SMILES string of the molecule is NC(=NCC1(CCO)CCCCC1)Nc1ccc2c(c1)CCC2. The predicted octanol–water partition coefficient (Wildman–Crippen LogP) is 3.23. The number of hydrogen-bond donors (Lipinski definition) is 3. The highest BCUT2D eigenvalue weighted by Gasteiger charge is 2.31. The van der Waals surface area contributed by atoms with E-state index in [0.29, 0.717) is 5.96 Å². The fraction of sp³-hybridized carbons (Fsp3) is 0.632. The number of nitrogens with zero attached hydrogens (tertiary/aromatic N) is 1. The Morgan fingerprint density at radius 1 is 1.13 bits per heavy atom. The van der Waals surface area contributed by atoms with Crippen LogP contribution in [0.1, 0.15) is 56.1 Å². The predicted molar refractivity (Wildman–Crippen MR) is 95.8 cm³/mol. The molecule has 2 aliphatic rings. The monoisotopic (exact) mass is 315 g/mol. The molecule has 0 atom stereocenters. The van der Waals surface area contributed by atoms with Crippen molar-refractivity contribution in [3.05, 3.63) is 29.3 Å². The van der Waals surface area contributed by atoms with Crippen molar-refractivity contribution in [3.8, 4) is 0 Å². The van der Waals surface area contributed by atoms with Gasteiger partial charge in [0.25, 0.3) is 0 Å². The van der Waals surface area contributed by atoms with Gasteiger partial charge >= 0.3 is 0 Å². The average molecular weight is 315 g/mol. The maximum absolute atomic E-state index is 9.38. The molecule has 3 rings (SSSR count). The molecule has 1 aromatic carbocycles. The molecule has 23 heavy (non-hydrogen) atoms. The Balaban J connectivity index is 1.62. The number of aliphatic hydroxyl groups excluding tert-OH is 1. The maximum Gasteiger partial charge on any atom is 0.193 e. The zero-order chi connectivity index (χ0) is 16.1. The second kappa shape index (κ2) is 7.35. The van der Waals surface area contributed by atoms with Crippen LogP contribution in [0.2, 0.25) is 0 Å². The number of hydrogen-bond acceptors (Lipinski definition) is 2. The number of rotatable bonds is 5. The van der Waals surface area contributed by atoms with Crippen LogP contribution in [0.5, 0.6) is 0 Å². The van der Waals surface area contributed by atoms with E-state index in [9.17, 15) is 5.11 Å². The van der Waals surface area contributed by atoms with Crippen LogP contribution < -0.4 is 11.1 Å². The molecule has 0 heterocycles. The van der Waals surface area contributed by atoms with Crippen molar-refractivity contribution in [1.29, 1.82) is 0 Å². The third kappa shape index (κ3) is 4.05. The van der Waals surface area contributed by atoms with Gasteiger partial charge in [0.15, 0.2) is 5.96 Å². The van der Waals surface area contributed by atoms with Gasteiger partial charge in [-0.25, -0.2) is 0 Å². The minimum absolute atomic E-state index is 0.150. The molecule has 0 radical (unpaired) electrons. The van der Waals surface area contributed by atoms with Crippen molar-refractivity contribution >= 4 is 11.6 Å². The van der Waals surface area contributed by atoms with E-state index < -0.39 is 0 Å². The zero-order valence-electron chi connectivity index (χ0n) is 14.0. The summed E-state index contributed by atoms with van der Waals surface area (Å²) in [6.07, 6.45) is 10.6. The Labute approximate surface area is 139 Å². The van der Waals surface area contributed by atoms with Crippen molar-refractivity contribution in [3.63, 3.8) is 0 Å². The van der Waals surface area contributed by atoms with Crippen LogP contribution in [-0.2, 0) is 12.8 Å². The lowest BCUT2D eigenvalue weighted by atomic mass is 9.72. The number of nitrogens with one attached hydrogen (secondary N) is 1. The molecule has 1 fully saturated rings. The summed E-state index contributed by atoms with van der Waals surface area (Å²) in [5.74, 6) is 0.492. The van der Waals surface area contributed by atoms with E-state index in [1.54, 1.807) is 0 Å². The van der Waals surface area contributed by atoms with Gasteiger partial charge in [-0.2, -0.15) is 0 Å². The Hall–Kier alpha value is -1.55. The van der Waals surface area contributed by atoms with E-state index >= 15 is 0 Å². The van der Waals surface area contributed by atoms with E-state index in [0.717, 1.165) is 31.5 Å². The van der Waals surface area contributed by atoms with E-state index in [1.807, 2.05) is 0 Å². The lowest BCUT2D eigenvalue weighted by Crippen LogP contribution is -2.31. The first-order valence-corrected chi connectivity index (χ1v) is 9.00. The Morgan fingerprint density at radius 2 is 1.91 bits per heavy atom. The van der Waals surface area contributed by atoms with Gasteiger partial charge in [0.1, 0.15) is 0 Å². The van der Waals surface area contributed by atoms with Gasteiger partial charge in [-0.3, -0.25) is 4.99 Å². The molecule has 0 saturated heterocycles. The van der Waals surface area contributed by atoms with Gasteiger partial charge in [-0.1, -0.05) is 25.3 Å². The highest BCUT2D eigenvalue weighted by molar-refractivity contribution is 5.92.